The van der Waals surface area contributed by atoms with Crippen molar-refractivity contribution in [2.75, 3.05) is 33.5 Å². The molecule has 0 heterocycles. The van der Waals surface area contributed by atoms with Gasteiger partial charge in [0.05, 0.1) is 13.2 Å². The molecule has 0 unspecified atom stereocenters. The predicted molar refractivity (Wildman–Crippen MR) is 65.2 cm³/mol. The molecule has 1 N–H and O–H groups in total. The molecule has 0 aromatic carbocycles. The summed E-state index contributed by atoms with van der Waals surface area (Å²) in [6.45, 7) is 6.50. The van der Waals surface area contributed by atoms with E-state index in [9.17, 15) is 4.79 Å². The predicted octanol–water partition coefficient (Wildman–Crippen LogP) is 2.42. The summed E-state index contributed by atoms with van der Waals surface area (Å²) in [6, 6.07) is 0. The molecule has 0 aromatic heterocycles. The molecule has 88 valence electrons. The Morgan fingerprint density at radius 3 is 2.29 bits per heavy atom. The average Bonchev–Trinajstić information content (AvgIpc) is 2.02. The van der Waals surface area contributed by atoms with Gasteiger partial charge in [-0.2, -0.15) is 0 Å². The van der Waals surface area contributed by atoms with E-state index in [0.717, 1.165) is 0 Å². The summed E-state index contributed by atoms with van der Waals surface area (Å²) in [5.74, 6) is -0.214. The largest absolute Gasteiger partial charge is 0.465 e. The number of hydrogen-bond acceptors (Lipinski definition) is 3. The fourth-order valence-corrected chi connectivity index (χ4v) is 1.20. The van der Waals surface area contributed by atoms with E-state index >= 15 is 0 Å². The van der Waals surface area contributed by atoms with Crippen LogP contribution < -0.4 is 5.09 Å². The second-order valence-corrected chi connectivity index (χ2v) is 6.24. The number of carbonyl (C=O) groups is 1. The first-order valence-electron chi connectivity index (χ1n) is 3.88. The van der Waals surface area contributed by atoms with Crippen molar-refractivity contribution >= 4 is 13.2 Å². The number of ether oxygens (including phenoxy) is 1. The summed E-state index contributed by atoms with van der Waals surface area (Å²) in [5, 5.41) is 3.06. The SMILES string of the molecule is C.C.CCOC(=O)CNP(C)(C)=NC. The maximum atomic E-state index is 10.9. The van der Waals surface area contributed by atoms with Crippen LogP contribution in [0.5, 0.6) is 0 Å². The molecule has 0 rings (SSSR count). The number of nitrogens with zero attached hydrogens (tertiary/aromatic N) is 1. The van der Waals surface area contributed by atoms with Gasteiger partial charge in [0.1, 0.15) is 0 Å². The lowest BCUT2D eigenvalue weighted by Crippen LogP contribution is -2.21. The zero-order valence-electron chi connectivity index (χ0n) is 8.13. The zero-order chi connectivity index (χ0) is 9.61. The fourth-order valence-electron chi connectivity index (χ4n) is 0.541. The van der Waals surface area contributed by atoms with Gasteiger partial charge in [0, 0.05) is 14.3 Å². The van der Waals surface area contributed by atoms with Crippen molar-refractivity contribution in [1.29, 1.82) is 0 Å². The van der Waals surface area contributed by atoms with Crippen LogP contribution in [-0.4, -0.2) is 39.5 Å². The van der Waals surface area contributed by atoms with Crippen molar-refractivity contribution in [2.24, 2.45) is 4.74 Å². The third-order valence-corrected chi connectivity index (χ3v) is 3.35. The molecule has 0 fully saturated rings. The Bertz CT molecular complexity index is 199. The topological polar surface area (TPSA) is 50.7 Å². The summed E-state index contributed by atoms with van der Waals surface area (Å²) >= 11 is 0. The quantitative estimate of drug-likeness (QED) is 0.589. The first kappa shape index (κ1) is 19.3. The molecule has 0 spiro atoms. The molecular weight excluding hydrogens is 199 g/mol. The van der Waals surface area contributed by atoms with Crippen molar-refractivity contribution in [3.63, 3.8) is 0 Å². The van der Waals surface area contributed by atoms with Gasteiger partial charge >= 0.3 is 5.97 Å². The van der Waals surface area contributed by atoms with Gasteiger partial charge in [-0.15, -0.1) is 0 Å². The van der Waals surface area contributed by atoms with Crippen LogP contribution in [-0.2, 0) is 9.53 Å². The van der Waals surface area contributed by atoms with Crippen molar-refractivity contribution < 1.29 is 9.53 Å². The van der Waals surface area contributed by atoms with Crippen LogP contribution in [0.4, 0.5) is 0 Å². The van der Waals surface area contributed by atoms with Gasteiger partial charge in [-0.05, 0) is 20.3 Å². The van der Waals surface area contributed by atoms with Crippen LogP contribution in [0.25, 0.3) is 0 Å². The number of carbonyl (C=O) groups excluding carboxylic acids is 1. The van der Waals surface area contributed by atoms with Gasteiger partial charge in [-0.25, -0.2) is 0 Å². The first-order chi connectivity index (χ1) is 5.52. The molecular formula is C9H25N2O2P. The van der Waals surface area contributed by atoms with E-state index in [4.69, 9.17) is 4.74 Å². The highest BCUT2D eigenvalue weighted by atomic mass is 31.2. The van der Waals surface area contributed by atoms with Crippen LogP contribution in [0.1, 0.15) is 21.8 Å². The minimum atomic E-state index is -1.43. The van der Waals surface area contributed by atoms with E-state index < -0.39 is 7.21 Å². The summed E-state index contributed by atoms with van der Waals surface area (Å²) in [6.07, 6.45) is 0. The Hall–Kier alpha value is -0.340. The van der Waals surface area contributed by atoms with E-state index in [2.05, 4.69) is 9.83 Å². The van der Waals surface area contributed by atoms with Crippen LogP contribution in [0, 0.1) is 0 Å². The summed E-state index contributed by atoms with van der Waals surface area (Å²) in [4.78, 5) is 10.9. The summed E-state index contributed by atoms with van der Waals surface area (Å²) < 4.78 is 8.90. The maximum absolute atomic E-state index is 10.9. The Morgan fingerprint density at radius 1 is 1.43 bits per heavy atom. The number of esters is 1. The molecule has 5 heteroatoms. The Morgan fingerprint density at radius 2 is 1.93 bits per heavy atom. The van der Waals surface area contributed by atoms with E-state index in [1.165, 1.54) is 0 Å². The van der Waals surface area contributed by atoms with Gasteiger partial charge < -0.3 is 4.74 Å². The van der Waals surface area contributed by atoms with E-state index in [-0.39, 0.29) is 27.4 Å². The average molecular weight is 224 g/mol. The highest BCUT2D eigenvalue weighted by Gasteiger charge is 2.06. The Labute approximate surface area is 88.5 Å². The van der Waals surface area contributed by atoms with E-state index in [1.807, 2.05) is 13.3 Å². The summed E-state index contributed by atoms with van der Waals surface area (Å²) in [7, 11) is 0.329. The number of nitrogens with one attached hydrogen (secondary N) is 1. The van der Waals surface area contributed by atoms with Crippen molar-refractivity contribution in [3.8, 4) is 0 Å². The lowest BCUT2D eigenvalue weighted by Gasteiger charge is -2.13. The summed E-state index contributed by atoms with van der Waals surface area (Å²) in [5.41, 5.74) is 0. The van der Waals surface area contributed by atoms with Crippen LogP contribution in [0.15, 0.2) is 4.74 Å². The fraction of sp³-hybridized carbons (Fsp3) is 0.889. The van der Waals surface area contributed by atoms with Gasteiger partial charge in [0.2, 0.25) is 0 Å². The number of hydrogen-bond donors (Lipinski definition) is 1. The molecule has 0 bridgehead atoms. The molecule has 0 saturated carbocycles. The zero-order valence-corrected chi connectivity index (χ0v) is 9.02. The minimum Gasteiger partial charge on any atom is -0.465 e. The minimum absolute atomic E-state index is 0. The third-order valence-electron chi connectivity index (χ3n) is 1.42. The lowest BCUT2D eigenvalue weighted by atomic mass is 10.7. The maximum Gasteiger partial charge on any atom is 0.320 e. The molecule has 14 heavy (non-hydrogen) atoms. The molecule has 0 radical (unpaired) electrons. The second kappa shape index (κ2) is 9.22. The second-order valence-electron chi connectivity index (χ2n) is 2.73. The third kappa shape index (κ3) is 9.75. The van der Waals surface area contributed by atoms with Crippen LogP contribution in [0.3, 0.4) is 0 Å². The number of rotatable bonds is 4. The highest BCUT2D eigenvalue weighted by molar-refractivity contribution is 7.62. The van der Waals surface area contributed by atoms with Crippen molar-refractivity contribution in [2.45, 2.75) is 21.8 Å². The van der Waals surface area contributed by atoms with Gasteiger partial charge in [-0.1, -0.05) is 14.9 Å². The molecule has 0 amide bonds. The Kier molecular flexibility index (Phi) is 12.7. The van der Waals surface area contributed by atoms with Crippen molar-refractivity contribution in [3.05, 3.63) is 0 Å². The lowest BCUT2D eigenvalue weighted by molar-refractivity contribution is -0.141. The smallest absolute Gasteiger partial charge is 0.320 e. The van der Waals surface area contributed by atoms with Crippen LogP contribution in [0.2, 0.25) is 0 Å². The highest BCUT2D eigenvalue weighted by Crippen LogP contribution is 2.33. The van der Waals surface area contributed by atoms with Gasteiger partial charge in [0.25, 0.3) is 0 Å². The van der Waals surface area contributed by atoms with Crippen molar-refractivity contribution in [1.82, 2.24) is 5.09 Å². The van der Waals surface area contributed by atoms with E-state index in [1.54, 1.807) is 14.0 Å². The molecule has 0 saturated heterocycles. The van der Waals surface area contributed by atoms with Gasteiger partial charge in [0.15, 0.2) is 0 Å². The molecule has 4 nitrogen and oxygen atoms in total. The monoisotopic (exact) mass is 224 g/mol. The molecule has 0 aliphatic heterocycles. The normalized spacial score (nSPS) is 9.43. The first-order valence-corrected chi connectivity index (χ1v) is 6.51. The van der Waals surface area contributed by atoms with Crippen LogP contribution >= 0.6 is 7.21 Å². The van der Waals surface area contributed by atoms with Gasteiger partial charge in [-0.3, -0.25) is 14.6 Å². The standard InChI is InChI=1S/C7H17N2O2P.2CH4/c1-5-11-7(10)6-9-12(3,4)8-2;;/h9H,5-6H2,1-4H3;2*1H4. The molecule has 0 aliphatic rings. The molecule has 0 atom stereocenters. The van der Waals surface area contributed by atoms with E-state index in [0.29, 0.717) is 6.61 Å². The molecule has 0 aromatic rings. The molecule has 0 aliphatic carbocycles. The Balaban J connectivity index is -0.000000605.